The molecule has 0 spiro atoms. The number of methoxy groups -OCH3 is 1. The second-order valence-electron chi connectivity index (χ2n) is 6.87. The zero-order valence-electron chi connectivity index (χ0n) is 16.6. The van der Waals surface area contributed by atoms with Gasteiger partial charge in [-0.3, -0.25) is 9.10 Å². The molecule has 1 atom stereocenters. The van der Waals surface area contributed by atoms with Crippen LogP contribution in [0.1, 0.15) is 39.0 Å². The molecule has 9 heteroatoms. The number of rotatable bonds is 10. The van der Waals surface area contributed by atoms with E-state index in [2.05, 4.69) is 5.32 Å². The molecule has 0 aromatic heterocycles. The smallest absolute Gasteiger partial charge is 0.243 e. The van der Waals surface area contributed by atoms with E-state index in [9.17, 15) is 13.2 Å². The Balaban J connectivity index is 2.14. The zero-order chi connectivity index (χ0) is 20.7. The Morgan fingerprint density at radius 2 is 2.07 bits per heavy atom. The minimum absolute atomic E-state index is 0.264. The van der Waals surface area contributed by atoms with Gasteiger partial charge >= 0.3 is 0 Å². The van der Waals surface area contributed by atoms with Crippen molar-refractivity contribution in [2.75, 3.05) is 30.0 Å². The lowest BCUT2D eigenvalue weighted by atomic mass is 10.2. The summed E-state index contributed by atoms with van der Waals surface area (Å²) in [7, 11) is -2.29. The van der Waals surface area contributed by atoms with Gasteiger partial charge in [0.2, 0.25) is 15.9 Å². The van der Waals surface area contributed by atoms with Crippen LogP contribution in [0.3, 0.4) is 0 Å². The first-order chi connectivity index (χ1) is 13.3. The molecular formula is C19H29ClN2O4S2. The van der Waals surface area contributed by atoms with Crippen molar-refractivity contribution in [1.82, 2.24) is 5.32 Å². The van der Waals surface area contributed by atoms with Gasteiger partial charge in [-0.15, -0.1) is 0 Å². The van der Waals surface area contributed by atoms with Crippen LogP contribution < -0.4 is 14.4 Å². The number of nitrogens with one attached hydrogen (secondary N) is 1. The molecule has 1 fully saturated rings. The van der Waals surface area contributed by atoms with Crippen LogP contribution in [0.2, 0.25) is 5.02 Å². The van der Waals surface area contributed by atoms with E-state index in [1.807, 2.05) is 11.8 Å². The Labute approximate surface area is 177 Å². The summed E-state index contributed by atoms with van der Waals surface area (Å²) in [6.07, 6.45) is 6.46. The molecule has 1 aromatic rings. The molecule has 6 nitrogen and oxygen atoms in total. The summed E-state index contributed by atoms with van der Waals surface area (Å²) in [5, 5.41) is 3.94. The molecular weight excluding hydrogens is 420 g/mol. The maximum Gasteiger partial charge on any atom is 0.243 e. The summed E-state index contributed by atoms with van der Waals surface area (Å²) >= 11 is 7.96. The van der Waals surface area contributed by atoms with Gasteiger partial charge in [0, 0.05) is 22.6 Å². The molecule has 2 rings (SSSR count). The number of nitrogens with zero attached hydrogens (tertiary/aromatic N) is 1. The highest BCUT2D eigenvalue weighted by atomic mass is 35.5. The van der Waals surface area contributed by atoms with Gasteiger partial charge in [0.05, 0.1) is 19.1 Å². The molecule has 0 bridgehead atoms. The Kier molecular flexibility index (Phi) is 8.77. The summed E-state index contributed by atoms with van der Waals surface area (Å²) in [6, 6.07) is 3.84. The van der Waals surface area contributed by atoms with E-state index >= 15 is 0 Å². The highest BCUT2D eigenvalue weighted by Gasteiger charge is 2.33. The van der Waals surface area contributed by atoms with Gasteiger partial charge in [-0.2, -0.15) is 11.8 Å². The molecule has 1 aliphatic rings. The zero-order valence-corrected chi connectivity index (χ0v) is 19.0. The van der Waals surface area contributed by atoms with E-state index in [0.717, 1.165) is 16.3 Å². The molecule has 0 radical (unpaired) electrons. The third-order valence-electron chi connectivity index (χ3n) is 4.77. The maximum absolute atomic E-state index is 12.8. The number of benzene rings is 1. The first kappa shape index (κ1) is 23.2. The topological polar surface area (TPSA) is 75.7 Å². The van der Waals surface area contributed by atoms with Crippen LogP contribution >= 0.6 is 23.4 Å². The molecule has 1 saturated carbocycles. The maximum atomic E-state index is 12.8. The quantitative estimate of drug-likeness (QED) is 0.552. The molecule has 1 aromatic carbocycles. The van der Waals surface area contributed by atoms with Crippen LogP contribution in [0.5, 0.6) is 5.75 Å². The number of carbonyl (C=O) groups is 1. The lowest BCUT2D eigenvalue weighted by Gasteiger charge is -2.31. The fourth-order valence-corrected chi connectivity index (χ4v) is 6.04. The van der Waals surface area contributed by atoms with E-state index in [-0.39, 0.29) is 11.6 Å². The van der Waals surface area contributed by atoms with Crippen molar-refractivity contribution in [2.24, 2.45) is 0 Å². The van der Waals surface area contributed by atoms with Gasteiger partial charge < -0.3 is 10.1 Å². The molecule has 158 valence electrons. The second kappa shape index (κ2) is 10.6. The average molecular weight is 449 g/mol. The van der Waals surface area contributed by atoms with E-state index < -0.39 is 16.1 Å². The number of carbonyl (C=O) groups excluding carboxylic acids is 1. The summed E-state index contributed by atoms with van der Waals surface area (Å²) in [6.45, 7) is 2.30. The van der Waals surface area contributed by atoms with Crippen LogP contribution in [0.4, 0.5) is 5.69 Å². The summed E-state index contributed by atoms with van der Waals surface area (Å²) < 4.78 is 31.5. The van der Waals surface area contributed by atoms with Crippen LogP contribution in [-0.4, -0.2) is 51.3 Å². The molecule has 1 amide bonds. The average Bonchev–Trinajstić information content (AvgIpc) is 3.15. The molecule has 0 aliphatic heterocycles. The lowest BCUT2D eigenvalue weighted by Crippen LogP contribution is -2.49. The summed E-state index contributed by atoms with van der Waals surface area (Å²) in [5.74, 6) is 0.853. The molecule has 0 heterocycles. The van der Waals surface area contributed by atoms with E-state index in [1.54, 1.807) is 19.1 Å². The van der Waals surface area contributed by atoms with Gasteiger partial charge in [0.15, 0.2) is 0 Å². The highest BCUT2D eigenvalue weighted by Crippen LogP contribution is 2.35. The fraction of sp³-hybridized carbons (Fsp3) is 0.632. The minimum Gasteiger partial charge on any atom is -0.495 e. The Bertz CT molecular complexity index is 767. The fourth-order valence-electron chi connectivity index (χ4n) is 3.44. The number of hydrogen-bond donors (Lipinski definition) is 1. The summed E-state index contributed by atoms with van der Waals surface area (Å²) in [4.78, 5) is 12.8. The van der Waals surface area contributed by atoms with Crippen molar-refractivity contribution >= 4 is 45.0 Å². The number of thioether (sulfide) groups is 1. The van der Waals surface area contributed by atoms with Gasteiger partial charge in [-0.1, -0.05) is 31.4 Å². The van der Waals surface area contributed by atoms with E-state index in [1.165, 1.54) is 38.9 Å². The van der Waals surface area contributed by atoms with Crippen LogP contribution in [0.15, 0.2) is 18.2 Å². The Morgan fingerprint density at radius 3 is 2.64 bits per heavy atom. The molecule has 1 N–H and O–H groups in total. The molecule has 1 aliphatic carbocycles. The number of halogens is 1. The predicted octanol–water partition coefficient (Wildman–Crippen LogP) is 3.69. The van der Waals surface area contributed by atoms with Gasteiger partial charge in [-0.05, 0) is 37.5 Å². The number of amides is 1. The van der Waals surface area contributed by atoms with Crippen LogP contribution in [0.25, 0.3) is 0 Å². The first-order valence-electron chi connectivity index (χ1n) is 9.50. The van der Waals surface area contributed by atoms with Crippen LogP contribution in [0, 0.1) is 0 Å². The van der Waals surface area contributed by atoms with Gasteiger partial charge in [0.25, 0.3) is 0 Å². The van der Waals surface area contributed by atoms with Crippen molar-refractivity contribution in [3.63, 3.8) is 0 Å². The summed E-state index contributed by atoms with van der Waals surface area (Å²) in [5.41, 5.74) is 0.264. The van der Waals surface area contributed by atoms with Crippen molar-refractivity contribution in [3.8, 4) is 5.75 Å². The molecule has 0 unspecified atom stereocenters. The predicted molar refractivity (Wildman–Crippen MR) is 117 cm³/mol. The number of anilines is 1. The van der Waals surface area contributed by atoms with Crippen LogP contribution in [-0.2, 0) is 14.8 Å². The van der Waals surface area contributed by atoms with Gasteiger partial charge in [-0.25, -0.2) is 8.42 Å². The molecule has 0 saturated heterocycles. The monoisotopic (exact) mass is 448 g/mol. The van der Waals surface area contributed by atoms with Crippen molar-refractivity contribution < 1.29 is 17.9 Å². The lowest BCUT2D eigenvalue weighted by molar-refractivity contribution is -0.122. The van der Waals surface area contributed by atoms with E-state index in [4.69, 9.17) is 16.3 Å². The Morgan fingerprint density at radius 1 is 1.39 bits per heavy atom. The van der Waals surface area contributed by atoms with Gasteiger partial charge in [0.1, 0.15) is 11.8 Å². The second-order valence-corrected chi connectivity index (χ2v) is 10.6. The number of ether oxygens (including phenoxy) is 1. The minimum atomic E-state index is -3.74. The van der Waals surface area contributed by atoms with E-state index in [0.29, 0.717) is 29.0 Å². The third kappa shape index (κ3) is 6.19. The number of hydrogen-bond acceptors (Lipinski definition) is 5. The SMILES string of the molecule is CC[C@@H](C(=O)NCCSC1CCCC1)N(c1cc(Cl)ccc1OC)S(C)(=O)=O. The standard InChI is InChI=1S/C19H29ClN2O4S2/c1-4-16(19(23)21-11-12-27-15-7-5-6-8-15)22(28(3,24)25)17-13-14(20)9-10-18(17)26-2/h9-10,13,15-16H,4-8,11-12H2,1-3H3,(H,21,23)/t16-/m0/s1. The normalized spacial score (nSPS) is 16.0. The number of sulfonamides is 1. The van der Waals surface area contributed by atoms with Crippen molar-refractivity contribution in [3.05, 3.63) is 23.2 Å². The first-order valence-corrected chi connectivity index (χ1v) is 12.8. The van der Waals surface area contributed by atoms with Crippen molar-refractivity contribution in [2.45, 2.75) is 50.3 Å². The largest absolute Gasteiger partial charge is 0.495 e. The highest BCUT2D eigenvalue weighted by molar-refractivity contribution is 7.99. The third-order valence-corrected chi connectivity index (χ3v) is 7.55. The van der Waals surface area contributed by atoms with Crippen molar-refractivity contribution in [1.29, 1.82) is 0 Å². The Hall–Kier alpha value is -1.12. The molecule has 28 heavy (non-hydrogen) atoms.